The minimum Gasteiger partial charge on any atom is -0.348 e. The van der Waals surface area contributed by atoms with Crippen LogP contribution in [0.25, 0.3) is 10.9 Å². The highest BCUT2D eigenvalue weighted by molar-refractivity contribution is 5.98. The highest BCUT2D eigenvalue weighted by Gasteiger charge is 2.24. The molecule has 1 atom stereocenters. The molecule has 5 nitrogen and oxygen atoms in total. The van der Waals surface area contributed by atoms with Crippen LogP contribution in [-0.4, -0.2) is 46.7 Å². The molecule has 134 valence electrons. The topological polar surface area (TPSA) is 61.0 Å². The second-order valence-corrected chi connectivity index (χ2v) is 7.75. The van der Waals surface area contributed by atoms with Gasteiger partial charge in [-0.2, -0.15) is 5.10 Å². The largest absolute Gasteiger partial charge is 0.348 e. The highest BCUT2D eigenvalue weighted by atomic mass is 16.1. The quantitative estimate of drug-likeness (QED) is 0.897. The predicted octanol–water partition coefficient (Wildman–Crippen LogP) is 3.34. The summed E-state index contributed by atoms with van der Waals surface area (Å²) in [6.45, 7) is 3.40. The lowest BCUT2D eigenvalue weighted by atomic mass is 9.88. The smallest absolute Gasteiger partial charge is 0.251 e. The Kier molecular flexibility index (Phi) is 5.02. The van der Waals surface area contributed by atoms with E-state index in [1.54, 1.807) is 6.20 Å². The molecular formula is C20H28N4O. The molecule has 2 fully saturated rings. The first-order valence-electron chi connectivity index (χ1n) is 9.74. The van der Waals surface area contributed by atoms with Gasteiger partial charge in [-0.15, -0.1) is 0 Å². The molecule has 1 aliphatic carbocycles. The van der Waals surface area contributed by atoms with Crippen molar-refractivity contribution >= 4 is 16.8 Å². The van der Waals surface area contributed by atoms with E-state index >= 15 is 0 Å². The number of rotatable bonds is 4. The van der Waals surface area contributed by atoms with E-state index in [-0.39, 0.29) is 11.9 Å². The number of carbonyl (C=O) groups excluding carboxylic acids is 1. The Morgan fingerprint density at radius 3 is 2.96 bits per heavy atom. The molecule has 1 aliphatic heterocycles. The molecule has 2 aliphatic rings. The van der Waals surface area contributed by atoms with Gasteiger partial charge in [0.05, 0.1) is 11.7 Å². The Labute approximate surface area is 149 Å². The summed E-state index contributed by atoms with van der Waals surface area (Å²) >= 11 is 0. The molecule has 2 N–H and O–H groups in total. The third kappa shape index (κ3) is 4.03. The number of nitrogens with zero attached hydrogens (tertiary/aromatic N) is 2. The average molecular weight is 340 g/mol. The second kappa shape index (κ2) is 7.56. The van der Waals surface area contributed by atoms with E-state index in [0.717, 1.165) is 35.3 Å². The van der Waals surface area contributed by atoms with Crippen LogP contribution >= 0.6 is 0 Å². The van der Waals surface area contributed by atoms with Crippen LogP contribution in [0.2, 0.25) is 0 Å². The van der Waals surface area contributed by atoms with Gasteiger partial charge in [0, 0.05) is 30.1 Å². The van der Waals surface area contributed by atoms with Crippen molar-refractivity contribution in [2.24, 2.45) is 5.92 Å². The zero-order valence-electron chi connectivity index (χ0n) is 14.8. The van der Waals surface area contributed by atoms with E-state index in [1.165, 1.54) is 51.6 Å². The number of piperidine rings is 1. The molecule has 0 radical (unpaired) electrons. The first-order valence-corrected chi connectivity index (χ1v) is 9.74. The standard InChI is InChI=1S/C20H28N4O/c25-20(16-8-9-19-17(11-16)12-21-23-19)22-18-7-4-10-24(14-18)13-15-5-2-1-3-6-15/h8-9,11-12,15,18H,1-7,10,13-14H2,(H,21,23)(H,22,25). The van der Waals surface area contributed by atoms with Crippen molar-refractivity contribution < 1.29 is 4.79 Å². The summed E-state index contributed by atoms with van der Waals surface area (Å²) < 4.78 is 0. The van der Waals surface area contributed by atoms with Gasteiger partial charge < -0.3 is 10.2 Å². The molecule has 4 rings (SSSR count). The Morgan fingerprint density at radius 2 is 2.08 bits per heavy atom. The zero-order chi connectivity index (χ0) is 17.1. The Balaban J connectivity index is 1.33. The number of likely N-dealkylation sites (tertiary alicyclic amines) is 1. The van der Waals surface area contributed by atoms with Crippen LogP contribution < -0.4 is 5.32 Å². The van der Waals surface area contributed by atoms with Gasteiger partial charge >= 0.3 is 0 Å². The molecule has 1 unspecified atom stereocenters. The van der Waals surface area contributed by atoms with Crippen LogP contribution in [-0.2, 0) is 0 Å². The second-order valence-electron chi connectivity index (χ2n) is 7.75. The maximum Gasteiger partial charge on any atom is 0.251 e. The van der Waals surface area contributed by atoms with Gasteiger partial charge in [0.1, 0.15) is 0 Å². The molecule has 5 heteroatoms. The van der Waals surface area contributed by atoms with E-state index in [0.29, 0.717) is 0 Å². The average Bonchev–Trinajstić information content (AvgIpc) is 3.10. The number of hydrogen-bond acceptors (Lipinski definition) is 3. The van der Waals surface area contributed by atoms with Gasteiger partial charge in [0.15, 0.2) is 0 Å². The molecule has 0 bridgehead atoms. The van der Waals surface area contributed by atoms with Gasteiger partial charge in [-0.1, -0.05) is 19.3 Å². The SMILES string of the molecule is O=C(NC1CCCN(CC2CCCCC2)C1)c1ccc2[nH]ncc2c1. The Hall–Kier alpha value is -1.88. The third-order valence-corrected chi connectivity index (χ3v) is 5.78. The van der Waals surface area contributed by atoms with Crippen LogP contribution in [0.4, 0.5) is 0 Å². The summed E-state index contributed by atoms with van der Waals surface area (Å²) in [5.41, 5.74) is 1.69. The van der Waals surface area contributed by atoms with Gasteiger partial charge in [0.25, 0.3) is 5.91 Å². The van der Waals surface area contributed by atoms with Gasteiger partial charge in [-0.05, 0) is 56.3 Å². The number of benzene rings is 1. The van der Waals surface area contributed by atoms with Gasteiger partial charge in [-0.25, -0.2) is 0 Å². The molecule has 0 spiro atoms. The van der Waals surface area contributed by atoms with Crippen molar-refractivity contribution in [3.8, 4) is 0 Å². The highest BCUT2D eigenvalue weighted by Crippen LogP contribution is 2.25. The number of H-pyrrole nitrogens is 1. The summed E-state index contributed by atoms with van der Waals surface area (Å²) in [6, 6.07) is 5.98. The molecule has 1 saturated carbocycles. The number of carbonyl (C=O) groups is 1. The van der Waals surface area contributed by atoms with Crippen molar-refractivity contribution in [2.45, 2.75) is 51.0 Å². The maximum atomic E-state index is 12.6. The maximum absolute atomic E-state index is 12.6. The van der Waals surface area contributed by atoms with Crippen molar-refractivity contribution in [2.75, 3.05) is 19.6 Å². The summed E-state index contributed by atoms with van der Waals surface area (Å²) in [7, 11) is 0. The molecule has 1 saturated heterocycles. The fraction of sp³-hybridized carbons (Fsp3) is 0.600. The van der Waals surface area contributed by atoms with E-state index in [1.807, 2.05) is 18.2 Å². The number of nitrogens with one attached hydrogen (secondary N) is 2. The van der Waals surface area contributed by atoms with Crippen LogP contribution in [0, 0.1) is 5.92 Å². The van der Waals surface area contributed by atoms with E-state index in [2.05, 4.69) is 20.4 Å². The first-order chi connectivity index (χ1) is 12.3. The molecule has 1 aromatic heterocycles. The van der Waals surface area contributed by atoms with Crippen LogP contribution in [0.5, 0.6) is 0 Å². The zero-order valence-corrected chi connectivity index (χ0v) is 14.8. The van der Waals surface area contributed by atoms with E-state index in [4.69, 9.17) is 0 Å². The molecule has 1 aromatic carbocycles. The summed E-state index contributed by atoms with van der Waals surface area (Å²) in [6.07, 6.45) is 11.0. The van der Waals surface area contributed by atoms with Gasteiger partial charge in [-0.3, -0.25) is 9.89 Å². The van der Waals surface area contributed by atoms with E-state index < -0.39 is 0 Å². The minimum atomic E-state index is 0.0348. The first kappa shape index (κ1) is 16.6. The number of hydrogen-bond donors (Lipinski definition) is 2. The van der Waals surface area contributed by atoms with Crippen LogP contribution in [0.15, 0.2) is 24.4 Å². The lowest BCUT2D eigenvalue weighted by Crippen LogP contribution is -2.48. The summed E-state index contributed by atoms with van der Waals surface area (Å²) in [5, 5.41) is 11.2. The molecule has 2 aromatic rings. The Morgan fingerprint density at radius 1 is 1.20 bits per heavy atom. The lowest BCUT2D eigenvalue weighted by Gasteiger charge is -2.36. The lowest BCUT2D eigenvalue weighted by molar-refractivity contribution is 0.0890. The van der Waals surface area contributed by atoms with Crippen molar-refractivity contribution in [1.29, 1.82) is 0 Å². The third-order valence-electron chi connectivity index (χ3n) is 5.78. The molecule has 2 heterocycles. The van der Waals surface area contributed by atoms with Crippen molar-refractivity contribution in [3.05, 3.63) is 30.0 Å². The summed E-state index contributed by atoms with van der Waals surface area (Å²) in [4.78, 5) is 15.2. The van der Waals surface area contributed by atoms with Crippen molar-refractivity contribution in [3.63, 3.8) is 0 Å². The normalized spacial score (nSPS) is 23.0. The fourth-order valence-electron chi connectivity index (χ4n) is 4.43. The van der Waals surface area contributed by atoms with Crippen molar-refractivity contribution in [1.82, 2.24) is 20.4 Å². The monoisotopic (exact) mass is 340 g/mol. The fourth-order valence-corrected chi connectivity index (χ4v) is 4.43. The molecule has 25 heavy (non-hydrogen) atoms. The minimum absolute atomic E-state index is 0.0348. The number of amides is 1. The van der Waals surface area contributed by atoms with Gasteiger partial charge in [0.2, 0.25) is 0 Å². The molecule has 1 amide bonds. The van der Waals surface area contributed by atoms with Crippen LogP contribution in [0.3, 0.4) is 0 Å². The van der Waals surface area contributed by atoms with E-state index in [9.17, 15) is 4.79 Å². The summed E-state index contributed by atoms with van der Waals surface area (Å²) in [5.74, 6) is 0.902. The number of aromatic amines is 1. The predicted molar refractivity (Wildman–Crippen MR) is 99.6 cm³/mol. The Bertz CT molecular complexity index is 719. The molecular weight excluding hydrogens is 312 g/mol. The number of aromatic nitrogens is 2. The van der Waals surface area contributed by atoms with Crippen LogP contribution in [0.1, 0.15) is 55.3 Å². The number of fused-ring (bicyclic) bond motifs is 1.